The second-order valence-electron chi connectivity index (χ2n) is 7.10. The molecule has 0 radical (unpaired) electrons. The van der Waals surface area contributed by atoms with E-state index in [4.69, 9.17) is 4.42 Å². The number of benzene rings is 1. The number of anilines is 1. The van der Waals surface area contributed by atoms with Gasteiger partial charge in [0, 0.05) is 37.5 Å². The summed E-state index contributed by atoms with van der Waals surface area (Å²) >= 11 is 1.30. The van der Waals surface area contributed by atoms with Crippen molar-refractivity contribution in [3.05, 3.63) is 65.6 Å². The highest BCUT2D eigenvalue weighted by atomic mass is 32.1. The fourth-order valence-corrected chi connectivity index (χ4v) is 3.70. The minimum atomic E-state index is -0.261. The van der Waals surface area contributed by atoms with Crippen molar-refractivity contribution in [1.82, 2.24) is 14.7 Å². The van der Waals surface area contributed by atoms with Gasteiger partial charge in [0.1, 0.15) is 17.4 Å². The Hall–Kier alpha value is -2.74. The van der Waals surface area contributed by atoms with E-state index in [2.05, 4.69) is 21.6 Å². The van der Waals surface area contributed by atoms with E-state index in [1.807, 2.05) is 17.0 Å². The SMILES string of the molecule is CCCCCNC(=O)CCN(Cc1ccco1)c1nc(Cc2ccc(F)cc2)ns1. The van der Waals surface area contributed by atoms with E-state index in [1.54, 1.807) is 18.4 Å². The van der Waals surface area contributed by atoms with E-state index in [1.165, 1.54) is 23.7 Å². The Morgan fingerprint density at radius 3 is 2.80 bits per heavy atom. The van der Waals surface area contributed by atoms with Crippen LogP contribution in [0.5, 0.6) is 0 Å². The van der Waals surface area contributed by atoms with Gasteiger partial charge in [0.2, 0.25) is 11.0 Å². The van der Waals surface area contributed by atoms with Gasteiger partial charge in [0.15, 0.2) is 0 Å². The van der Waals surface area contributed by atoms with Crippen LogP contribution in [0.3, 0.4) is 0 Å². The lowest BCUT2D eigenvalue weighted by molar-refractivity contribution is -0.120. The highest BCUT2D eigenvalue weighted by Gasteiger charge is 2.16. The van der Waals surface area contributed by atoms with E-state index >= 15 is 0 Å². The normalized spacial score (nSPS) is 10.9. The first-order valence-electron chi connectivity index (χ1n) is 10.2. The zero-order valence-corrected chi connectivity index (χ0v) is 18.0. The third-order valence-corrected chi connectivity index (χ3v) is 5.46. The first-order valence-corrected chi connectivity index (χ1v) is 11.0. The molecule has 1 N–H and O–H groups in total. The number of rotatable bonds is 12. The van der Waals surface area contributed by atoms with Gasteiger partial charge in [-0.15, -0.1) is 0 Å². The number of amides is 1. The molecule has 0 aliphatic heterocycles. The molecule has 3 aromatic rings. The Morgan fingerprint density at radius 2 is 2.07 bits per heavy atom. The summed E-state index contributed by atoms with van der Waals surface area (Å²) in [7, 11) is 0. The van der Waals surface area contributed by atoms with E-state index in [-0.39, 0.29) is 11.7 Å². The van der Waals surface area contributed by atoms with Gasteiger partial charge >= 0.3 is 0 Å². The highest BCUT2D eigenvalue weighted by molar-refractivity contribution is 7.09. The molecule has 0 fully saturated rings. The van der Waals surface area contributed by atoms with Gasteiger partial charge in [0.05, 0.1) is 12.8 Å². The summed E-state index contributed by atoms with van der Waals surface area (Å²) in [5.41, 5.74) is 0.949. The standard InChI is InChI=1S/C22H27FN4O2S/c1-2-3-4-12-24-21(28)11-13-27(16-19-6-5-14-29-19)22-25-20(26-30-22)15-17-7-9-18(23)10-8-17/h5-10,14H,2-4,11-13,15-16H2,1H3,(H,24,28). The molecule has 160 valence electrons. The van der Waals surface area contributed by atoms with Crippen molar-refractivity contribution in [1.29, 1.82) is 0 Å². The molecule has 1 aromatic carbocycles. The van der Waals surface area contributed by atoms with Crippen molar-refractivity contribution in [3.63, 3.8) is 0 Å². The van der Waals surface area contributed by atoms with Crippen molar-refractivity contribution in [2.24, 2.45) is 0 Å². The molecule has 6 nitrogen and oxygen atoms in total. The van der Waals surface area contributed by atoms with Crippen molar-refractivity contribution < 1.29 is 13.6 Å². The van der Waals surface area contributed by atoms with Gasteiger partial charge in [-0.2, -0.15) is 4.37 Å². The fourth-order valence-electron chi connectivity index (χ4n) is 2.99. The molecule has 0 spiro atoms. The second kappa shape index (κ2) is 11.4. The molecule has 30 heavy (non-hydrogen) atoms. The predicted molar refractivity (Wildman–Crippen MR) is 116 cm³/mol. The molecule has 0 saturated carbocycles. The number of hydrogen-bond acceptors (Lipinski definition) is 6. The summed E-state index contributed by atoms with van der Waals surface area (Å²) in [5, 5.41) is 3.71. The van der Waals surface area contributed by atoms with Crippen LogP contribution in [0.4, 0.5) is 9.52 Å². The molecule has 3 rings (SSSR count). The summed E-state index contributed by atoms with van der Waals surface area (Å²) in [6, 6.07) is 10.1. The van der Waals surface area contributed by atoms with Crippen molar-refractivity contribution in [2.45, 2.75) is 45.6 Å². The average Bonchev–Trinajstić information content (AvgIpc) is 3.42. The minimum absolute atomic E-state index is 0.0339. The smallest absolute Gasteiger partial charge is 0.221 e. The Balaban J connectivity index is 1.61. The molecule has 2 heterocycles. The number of hydrogen-bond donors (Lipinski definition) is 1. The van der Waals surface area contributed by atoms with Crippen LogP contribution in [0.1, 0.15) is 49.8 Å². The van der Waals surface area contributed by atoms with Crippen LogP contribution in [0.2, 0.25) is 0 Å². The van der Waals surface area contributed by atoms with Gasteiger partial charge in [-0.25, -0.2) is 9.37 Å². The topological polar surface area (TPSA) is 71.3 Å². The Kier molecular flexibility index (Phi) is 8.38. The summed E-state index contributed by atoms with van der Waals surface area (Å²) in [6.45, 7) is 3.89. The van der Waals surface area contributed by atoms with E-state index < -0.39 is 0 Å². The number of furan rings is 1. The molecule has 1 amide bonds. The van der Waals surface area contributed by atoms with Crippen LogP contribution in [-0.4, -0.2) is 28.4 Å². The second-order valence-corrected chi connectivity index (χ2v) is 7.83. The lowest BCUT2D eigenvalue weighted by Crippen LogP contribution is -2.31. The van der Waals surface area contributed by atoms with Crippen LogP contribution < -0.4 is 10.2 Å². The van der Waals surface area contributed by atoms with Crippen LogP contribution in [0.15, 0.2) is 47.1 Å². The highest BCUT2D eigenvalue weighted by Crippen LogP contribution is 2.22. The quantitative estimate of drug-likeness (QED) is 0.427. The van der Waals surface area contributed by atoms with Crippen molar-refractivity contribution in [2.75, 3.05) is 18.0 Å². The average molecular weight is 431 g/mol. The van der Waals surface area contributed by atoms with Crippen molar-refractivity contribution >= 4 is 22.6 Å². The number of carbonyl (C=O) groups excluding carboxylic acids is 1. The largest absolute Gasteiger partial charge is 0.467 e. The Labute approximate surface area is 180 Å². The lowest BCUT2D eigenvalue weighted by Gasteiger charge is -2.20. The maximum atomic E-state index is 13.1. The van der Waals surface area contributed by atoms with Gasteiger partial charge in [-0.05, 0) is 36.2 Å². The van der Waals surface area contributed by atoms with E-state index in [9.17, 15) is 9.18 Å². The Bertz CT molecular complexity index is 896. The first-order chi connectivity index (χ1) is 14.6. The van der Waals surface area contributed by atoms with Crippen LogP contribution in [-0.2, 0) is 17.8 Å². The zero-order valence-electron chi connectivity index (χ0n) is 17.1. The fraction of sp³-hybridized carbons (Fsp3) is 0.409. The number of aromatic nitrogens is 2. The molecule has 0 saturated heterocycles. The monoisotopic (exact) mass is 430 g/mol. The predicted octanol–water partition coefficient (Wildman–Crippen LogP) is 4.56. The van der Waals surface area contributed by atoms with Crippen LogP contribution in [0, 0.1) is 5.82 Å². The molecule has 0 bridgehead atoms. The number of nitrogens with zero attached hydrogens (tertiary/aromatic N) is 3. The summed E-state index contributed by atoms with van der Waals surface area (Å²) in [6.07, 6.45) is 5.79. The summed E-state index contributed by atoms with van der Waals surface area (Å²) in [5.74, 6) is 1.25. The number of carbonyl (C=O) groups is 1. The van der Waals surface area contributed by atoms with Gasteiger partial charge < -0.3 is 14.6 Å². The number of nitrogens with one attached hydrogen (secondary N) is 1. The van der Waals surface area contributed by atoms with Gasteiger partial charge in [-0.1, -0.05) is 31.9 Å². The molecule has 0 atom stereocenters. The molecule has 2 aromatic heterocycles. The molecule has 0 aliphatic rings. The zero-order chi connectivity index (χ0) is 21.2. The van der Waals surface area contributed by atoms with Crippen LogP contribution >= 0.6 is 11.5 Å². The molecule has 8 heteroatoms. The molecule has 0 aliphatic carbocycles. The van der Waals surface area contributed by atoms with Crippen LogP contribution in [0.25, 0.3) is 0 Å². The molecular formula is C22H27FN4O2S. The summed E-state index contributed by atoms with van der Waals surface area (Å²) < 4.78 is 23.0. The maximum absolute atomic E-state index is 13.1. The third kappa shape index (κ3) is 6.95. The van der Waals surface area contributed by atoms with Gasteiger partial charge in [-0.3, -0.25) is 4.79 Å². The number of halogens is 1. The molecule has 0 unspecified atom stereocenters. The molecular weight excluding hydrogens is 403 g/mol. The van der Waals surface area contributed by atoms with Crippen molar-refractivity contribution in [3.8, 4) is 0 Å². The third-order valence-electron chi connectivity index (χ3n) is 4.64. The maximum Gasteiger partial charge on any atom is 0.221 e. The van der Waals surface area contributed by atoms with E-state index in [0.717, 1.165) is 35.7 Å². The summed E-state index contributed by atoms with van der Waals surface area (Å²) in [4.78, 5) is 18.8. The first kappa shape index (κ1) is 22.0. The lowest BCUT2D eigenvalue weighted by atomic mass is 10.1. The number of unbranched alkanes of at least 4 members (excludes halogenated alkanes) is 2. The Morgan fingerprint density at radius 1 is 1.23 bits per heavy atom. The van der Waals surface area contributed by atoms with E-state index in [0.29, 0.717) is 38.3 Å². The van der Waals surface area contributed by atoms with Gasteiger partial charge in [0.25, 0.3) is 0 Å². The minimum Gasteiger partial charge on any atom is -0.467 e.